The van der Waals surface area contributed by atoms with Crippen LogP contribution < -0.4 is 0 Å². The molecule has 1 aliphatic rings. The summed E-state index contributed by atoms with van der Waals surface area (Å²) in [5.74, 6) is 0. The van der Waals surface area contributed by atoms with Gasteiger partial charge >= 0.3 is 113 Å². The van der Waals surface area contributed by atoms with Gasteiger partial charge in [0.05, 0.1) is 0 Å². The van der Waals surface area contributed by atoms with Crippen LogP contribution >= 0.6 is 0 Å². The van der Waals surface area contributed by atoms with Gasteiger partial charge in [-0.15, -0.1) is 0 Å². The molecular formula is C12H27O5Ti. The summed E-state index contributed by atoms with van der Waals surface area (Å²) >= 11 is -4.21. The minimum absolute atomic E-state index is 0.186. The van der Waals surface area contributed by atoms with E-state index in [4.69, 9.17) is 18.0 Å². The molecule has 0 radical (unpaired) electrons. The number of rotatable bonds is 11. The number of hydrogen-bond acceptors (Lipinski definition) is 5. The second kappa shape index (κ2) is 7.34. The predicted molar refractivity (Wildman–Crippen MR) is 65.7 cm³/mol. The molecule has 0 aliphatic carbocycles. The van der Waals surface area contributed by atoms with E-state index in [1.165, 1.54) is 0 Å². The first kappa shape index (κ1) is 16.6. The van der Waals surface area contributed by atoms with Gasteiger partial charge in [-0.3, -0.25) is 0 Å². The molecule has 0 aromatic rings. The zero-order chi connectivity index (χ0) is 13.5. The van der Waals surface area contributed by atoms with E-state index in [0.29, 0.717) is 26.4 Å². The van der Waals surface area contributed by atoms with Crippen LogP contribution in [0.1, 0.15) is 34.1 Å². The molecule has 1 aliphatic heterocycles. The maximum absolute atomic E-state index is 6.10. The van der Waals surface area contributed by atoms with Gasteiger partial charge in [0, 0.05) is 0 Å². The van der Waals surface area contributed by atoms with Gasteiger partial charge < -0.3 is 0 Å². The zero-order valence-corrected chi connectivity index (χ0v) is 13.6. The molecule has 0 bridgehead atoms. The molecule has 1 fully saturated rings. The van der Waals surface area contributed by atoms with Crippen LogP contribution in [-0.2, 0) is 34.9 Å². The summed E-state index contributed by atoms with van der Waals surface area (Å²) in [6, 6.07) is 0. The number of epoxide rings is 1. The normalized spacial score (nSPS) is 21.6. The molecule has 6 heteroatoms. The number of ether oxygens (including phenoxy) is 1. The van der Waals surface area contributed by atoms with Crippen LogP contribution in [0, 0.1) is 0 Å². The maximum atomic E-state index is 6.10. The molecule has 0 aromatic carbocycles. The van der Waals surface area contributed by atoms with Crippen LogP contribution in [0.3, 0.4) is 0 Å². The Morgan fingerprint density at radius 2 is 1.44 bits per heavy atom. The van der Waals surface area contributed by atoms with Crippen molar-refractivity contribution in [3.05, 3.63) is 0 Å². The van der Waals surface area contributed by atoms with E-state index in [0.717, 1.165) is 17.8 Å². The average Bonchev–Trinajstić information content (AvgIpc) is 3.12. The third kappa shape index (κ3) is 4.27. The van der Waals surface area contributed by atoms with Crippen molar-refractivity contribution >= 4 is 0 Å². The van der Waals surface area contributed by atoms with Gasteiger partial charge in [0.25, 0.3) is 0 Å². The summed E-state index contributed by atoms with van der Waals surface area (Å²) < 4.78 is 30.0. The van der Waals surface area contributed by atoms with E-state index in [-0.39, 0.29) is 6.10 Å². The van der Waals surface area contributed by atoms with Gasteiger partial charge in [-0.2, -0.15) is 0 Å². The Bertz CT molecular complexity index is 209. The van der Waals surface area contributed by atoms with Gasteiger partial charge in [-0.05, 0) is 0 Å². The molecular weight excluding hydrogens is 272 g/mol. The van der Waals surface area contributed by atoms with E-state index in [2.05, 4.69) is 6.92 Å². The standard InChI is InChI=1S/C3H5O2.C3H7.3C2H5O.Ti/c4-1-3-2-5-3;1-3-2;3*1-2-3;/h3H,1-2H2;1,3H2,2H3;3*2H2,1H3;/q-1;;3*-1;+4. The third-order valence-electron chi connectivity index (χ3n) is 2.88. The monoisotopic (exact) mass is 299 g/mol. The molecule has 1 unspecified atom stereocenters. The van der Waals surface area contributed by atoms with Gasteiger partial charge in [0.1, 0.15) is 0 Å². The molecule has 1 heterocycles. The van der Waals surface area contributed by atoms with Gasteiger partial charge in [0.2, 0.25) is 0 Å². The van der Waals surface area contributed by atoms with Crippen LogP contribution in [0.2, 0.25) is 4.73 Å². The summed E-state index contributed by atoms with van der Waals surface area (Å²) in [7, 11) is 0. The van der Waals surface area contributed by atoms with E-state index in [9.17, 15) is 0 Å². The molecule has 5 nitrogen and oxygen atoms in total. The van der Waals surface area contributed by atoms with E-state index < -0.39 is 16.9 Å². The molecule has 0 spiro atoms. The van der Waals surface area contributed by atoms with Gasteiger partial charge in [0.15, 0.2) is 0 Å². The quantitative estimate of drug-likeness (QED) is 0.433. The van der Waals surface area contributed by atoms with Crippen molar-refractivity contribution in [1.29, 1.82) is 0 Å². The molecule has 0 saturated carbocycles. The molecule has 0 amide bonds. The third-order valence-corrected chi connectivity index (χ3v) is 10.0. The topological polar surface area (TPSA) is 49.5 Å². The zero-order valence-electron chi connectivity index (χ0n) is 12.1. The molecule has 1 saturated heterocycles. The van der Waals surface area contributed by atoms with E-state index >= 15 is 0 Å². The molecule has 1 atom stereocenters. The van der Waals surface area contributed by atoms with Crippen LogP contribution in [-0.4, -0.2) is 39.1 Å². The second-order valence-corrected chi connectivity index (χ2v) is 10.3. The first-order valence-corrected chi connectivity index (χ1v) is 10.6. The average molecular weight is 299 g/mol. The SMILES string of the molecule is CC[CH2][Ti]([O]CC)([O]CC)([O]CC)[O]CC1CO1. The Balaban J connectivity index is 2.85. The minimum atomic E-state index is -4.21. The van der Waals surface area contributed by atoms with Crippen LogP contribution in [0.4, 0.5) is 0 Å². The van der Waals surface area contributed by atoms with E-state index in [1.54, 1.807) is 0 Å². The summed E-state index contributed by atoms with van der Waals surface area (Å²) in [5, 5.41) is 0. The van der Waals surface area contributed by atoms with Crippen LogP contribution in [0.15, 0.2) is 0 Å². The number of hydrogen-bond donors (Lipinski definition) is 0. The Kier molecular flexibility index (Phi) is 6.75. The Hall–Kier alpha value is 0.514. The first-order valence-electron chi connectivity index (χ1n) is 6.99. The fourth-order valence-corrected chi connectivity index (χ4v) is 8.56. The van der Waals surface area contributed by atoms with Crippen molar-refractivity contribution < 1.29 is 34.9 Å². The van der Waals surface area contributed by atoms with E-state index in [1.807, 2.05) is 20.8 Å². The summed E-state index contributed by atoms with van der Waals surface area (Å²) in [5.41, 5.74) is 0. The molecule has 1 rings (SSSR count). The Morgan fingerprint density at radius 3 is 1.78 bits per heavy atom. The van der Waals surface area contributed by atoms with Crippen molar-refractivity contribution in [3.63, 3.8) is 0 Å². The van der Waals surface area contributed by atoms with Crippen LogP contribution in [0.25, 0.3) is 0 Å². The summed E-state index contributed by atoms with van der Waals surface area (Å²) in [4.78, 5) is 0. The molecule has 109 valence electrons. The van der Waals surface area contributed by atoms with Crippen LogP contribution in [0.5, 0.6) is 0 Å². The van der Waals surface area contributed by atoms with Gasteiger partial charge in [-0.25, -0.2) is 0 Å². The fraction of sp³-hybridized carbons (Fsp3) is 1.00. The molecule has 18 heavy (non-hydrogen) atoms. The second-order valence-electron chi connectivity index (χ2n) is 4.39. The predicted octanol–water partition coefficient (Wildman–Crippen LogP) is 2.69. The van der Waals surface area contributed by atoms with Crippen molar-refractivity contribution in [2.75, 3.05) is 33.0 Å². The van der Waals surface area contributed by atoms with Crippen molar-refractivity contribution in [2.45, 2.75) is 44.9 Å². The first-order chi connectivity index (χ1) is 8.63. The summed E-state index contributed by atoms with van der Waals surface area (Å²) in [6.07, 6.45) is 1.11. The summed E-state index contributed by atoms with van der Waals surface area (Å²) in [6.45, 7) is 10.9. The fourth-order valence-electron chi connectivity index (χ4n) is 2.20. The van der Waals surface area contributed by atoms with Crippen molar-refractivity contribution in [3.8, 4) is 0 Å². The molecule has 0 N–H and O–H groups in total. The Morgan fingerprint density at radius 1 is 0.944 bits per heavy atom. The van der Waals surface area contributed by atoms with Crippen molar-refractivity contribution in [2.24, 2.45) is 0 Å². The van der Waals surface area contributed by atoms with Crippen molar-refractivity contribution in [1.82, 2.24) is 0 Å². The molecule has 0 aromatic heterocycles. The van der Waals surface area contributed by atoms with Gasteiger partial charge in [-0.1, -0.05) is 0 Å². The Labute approximate surface area is 113 Å².